The molecule has 31 heavy (non-hydrogen) atoms. The van der Waals surface area contributed by atoms with E-state index in [2.05, 4.69) is 31.8 Å². The summed E-state index contributed by atoms with van der Waals surface area (Å²) in [5.74, 6) is 0.585. The summed E-state index contributed by atoms with van der Waals surface area (Å²) in [5.41, 5.74) is 3.44. The molecule has 1 aromatic heterocycles. The number of halogens is 1. The summed E-state index contributed by atoms with van der Waals surface area (Å²) < 4.78 is 16.5. The number of fused-ring (bicyclic) bond motifs is 1. The Kier molecular flexibility index (Phi) is 6.13. The van der Waals surface area contributed by atoms with Gasteiger partial charge in [-0.25, -0.2) is 5.43 Å². The molecular formula is C22H16BrN3O5. The Morgan fingerprint density at radius 1 is 1.00 bits per heavy atom. The van der Waals surface area contributed by atoms with Crippen LogP contribution in [0.2, 0.25) is 0 Å². The summed E-state index contributed by atoms with van der Waals surface area (Å²) in [6.45, 7) is 0.137. The van der Waals surface area contributed by atoms with Crippen molar-refractivity contribution in [2.75, 3.05) is 6.79 Å². The van der Waals surface area contributed by atoms with E-state index < -0.39 is 11.8 Å². The lowest BCUT2D eigenvalue weighted by molar-refractivity contribution is -0.117. The molecule has 0 bridgehead atoms. The molecule has 1 aliphatic rings. The number of ether oxygens (including phenoxy) is 2. The van der Waals surface area contributed by atoms with E-state index in [1.807, 2.05) is 0 Å². The number of nitrogens with zero attached hydrogens (tertiary/aromatic N) is 1. The maximum atomic E-state index is 12.7. The van der Waals surface area contributed by atoms with E-state index in [9.17, 15) is 9.59 Å². The SMILES string of the molecule is O=C(NN=Cc1ccc(Br)o1)C(=Cc1ccc2c(c1)OCO2)NC(=O)c1ccccc1. The van der Waals surface area contributed by atoms with Crippen LogP contribution in [0.25, 0.3) is 6.08 Å². The van der Waals surface area contributed by atoms with Gasteiger partial charge in [0.25, 0.3) is 11.8 Å². The van der Waals surface area contributed by atoms with Gasteiger partial charge in [0.05, 0.1) is 6.21 Å². The molecular weight excluding hydrogens is 466 g/mol. The molecule has 0 atom stereocenters. The van der Waals surface area contributed by atoms with Crippen molar-refractivity contribution in [1.82, 2.24) is 10.7 Å². The number of carbonyl (C=O) groups is 2. The summed E-state index contributed by atoms with van der Waals surface area (Å²) in [6.07, 6.45) is 2.87. The van der Waals surface area contributed by atoms with Crippen LogP contribution in [0.5, 0.6) is 11.5 Å². The third-order valence-corrected chi connectivity index (χ3v) is 4.61. The Morgan fingerprint density at radius 3 is 2.58 bits per heavy atom. The van der Waals surface area contributed by atoms with Crippen LogP contribution in [0.1, 0.15) is 21.7 Å². The summed E-state index contributed by atoms with van der Waals surface area (Å²) >= 11 is 3.19. The Bertz CT molecular complexity index is 1170. The number of amides is 2. The predicted octanol–water partition coefficient (Wildman–Crippen LogP) is 3.69. The topological polar surface area (TPSA) is 102 Å². The van der Waals surface area contributed by atoms with Crippen LogP contribution < -0.4 is 20.2 Å². The molecule has 0 radical (unpaired) electrons. The summed E-state index contributed by atoms with van der Waals surface area (Å²) in [4.78, 5) is 25.3. The molecule has 8 nitrogen and oxygen atoms in total. The second-order valence-electron chi connectivity index (χ2n) is 6.33. The van der Waals surface area contributed by atoms with E-state index in [1.54, 1.807) is 60.7 Å². The fourth-order valence-electron chi connectivity index (χ4n) is 2.72. The lowest BCUT2D eigenvalue weighted by Gasteiger charge is -2.09. The number of hydrogen-bond donors (Lipinski definition) is 2. The van der Waals surface area contributed by atoms with Crippen LogP contribution in [0.4, 0.5) is 0 Å². The molecule has 0 saturated carbocycles. The molecule has 1 aliphatic heterocycles. The largest absolute Gasteiger partial charge is 0.454 e. The van der Waals surface area contributed by atoms with Crippen molar-refractivity contribution in [2.24, 2.45) is 5.10 Å². The Morgan fingerprint density at radius 2 is 1.81 bits per heavy atom. The minimum atomic E-state index is -0.608. The number of hydrazone groups is 1. The fraction of sp³-hybridized carbons (Fsp3) is 0.0455. The standard InChI is InChI=1S/C22H16BrN3O5/c23-20-9-7-16(31-20)12-24-26-22(28)17(25-21(27)15-4-2-1-3-5-15)10-14-6-8-18-19(11-14)30-13-29-18/h1-12H,13H2,(H,25,27)(H,26,28). The highest BCUT2D eigenvalue weighted by Crippen LogP contribution is 2.33. The van der Waals surface area contributed by atoms with E-state index >= 15 is 0 Å². The lowest BCUT2D eigenvalue weighted by Crippen LogP contribution is -2.32. The van der Waals surface area contributed by atoms with Crippen molar-refractivity contribution in [3.63, 3.8) is 0 Å². The third kappa shape index (κ3) is 5.20. The molecule has 0 saturated heterocycles. The van der Waals surface area contributed by atoms with E-state index in [0.717, 1.165) is 0 Å². The van der Waals surface area contributed by atoms with Gasteiger partial charge in [-0.15, -0.1) is 0 Å². The molecule has 2 heterocycles. The van der Waals surface area contributed by atoms with E-state index in [4.69, 9.17) is 13.9 Å². The second-order valence-corrected chi connectivity index (χ2v) is 7.11. The molecule has 2 aromatic carbocycles. The van der Waals surface area contributed by atoms with Gasteiger partial charge < -0.3 is 19.2 Å². The van der Waals surface area contributed by atoms with Crippen molar-refractivity contribution in [1.29, 1.82) is 0 Å². The van der Waals surface area contributed by atoms with Crippen LogP contribution in [0.3, 0.4) is 0 Å². The number of nitrogens with one attached hydrogen (secondary N) is 2. The normalized spacial score (nSPS) is 12.7. The number of furan rings is 1. The molecule has 2 amide bonds. The van der Waals surface area contributed by atoms with Crippen LogP contribution in [0.15, 0.2) is 80.5 Å². The van der Waals surface area contributed by atoms with Crippen LogP contribution in [0, 0.1) is 0 Å². The van der Waals surface area contributed by atoms with Crippen molar-refractivity contribution in [3.05, 3.63) is 87.9 Å². The molecule has 0 unspecified atom stereocenters. The highest BCUT2D eigenvalue weighted by Gasteiger charge is 2.16. The average Bonchev–Trinajstić information content (AvgIpc) is 3.42. The summed E-state index contributed by atoms with van der Waals surface area (Å²) in [5, 5.41) is 6.51. The van der Waals surface area contributed by atoms with Gasteiger partial charge in [-0.1, -0.05) is 24.3 Å². The van der Waals surface area contributed by atoms with Crippen molar-refractivity contribution in [2.45, 2.75) is 0 Å². The highest BCUT2D eigenvalue weighted by molar-refractivity contribution is 9.10. The summed E-state index contributed by atoms with van der Waals surface area (Å²) in [6, 6.07) is 17.2. The van der Waals surface area contributed by atoms with Gasteiger partial charge in [0.2, 0.25) is 6.79 Å². The number of carbonyl (C=O) groups excluding carboxylic acids is 2. The zero-order valence-corrected chi connectivity index (χ0v) is 17.6. The minimum absolute atomic E-state index is 0.00509. The lowest BCUT2D eigenvalue weighted by atomic mass is 10.1. The van der Waals surface area contributed by atoms with E-state index in [1.165, 1.54) is 12.3 Å². The van der Waals surface area contributed by atoms with E-state index in [-0.39, 0.29) is 12.5 Å². The average molecular weight is 482 g/mol. The van der Waals surface area contributed by atoms with E-state index in [0.29, 0.717) is 33.1 Å². The zero-order valence-electron chi connectivity index (χ0n) is 16.0. The molecule has 0 fully saturated rings. The first-order valence-electron chi connectivity index (χ1n) is 9.15. The Labute approximate surface area is 185 Å². The quantitative estimate of drug-likeness (QED) is 0.317. The Balaban J connectivity index is 1.56. The van der Waals surface area contributed by atoms with Crippen molar-refractivity contribution < 1.29 is 23.5 Å². The number of benzene rings is 2. The molecule has 0 spiro atoms. The molecule has 3 aromatic rings. The van der Waals surface area contributed by atoms with Gasteiger partial charge >= 0.3 is 0 Å². The first kappa shape index (κ1) is 20.4. The number of hydrogen-bond acceptors (Lipinski definition) is 6. The monoisotopic (exact) mass is 481 g/mol. The maximum Gasteiger partial charge on any atom is 0.287 e. The van der Waals surface area contributed by atoms with Gasteiger partial charge in [-0.3, -0.25) is 9.59 Å². The minimum Gasteiger partial charge on any atom is -0.454 e. The fourth-order valence-corrected chi connectivity index (χ4v) is 3.04. The highest BCUT2D eigenvalue weighted by atomic mass is 79.9. The van der Waals surface area contributed by atoms with Gasteiger partial charge in [0.15, 0.2) is 16.2 Å². The maximum absolute atomic E-state index is 12.7. The molecule has 2 N–H and O–H groups in total. The van der Waals surface area contributed by atoms with Gasteiger partial charge in [-0.2, -0.15) is 5.10 Å². The van der Waals surface area contributed by atoms with Crippen LogP contribution in [-0.4, -0.2) is 24.8 Å². The molecule has 9 heteroatoms. The first-order valence-corrected chi connectivity index (χ1v) is 9.94. The predicted molar refractivity (Wildman–Crippen MR) is 117 cm³/mol. The zero-order chi connectivity index (χ0) is 21.6. The smallest absolute Gasteiger partial charge is 0.287 e. The Hall–Kier alpha value is -3.85. The van der Waals surface area contributed by atoms with Crippen LogP contribution in [-0.2, 0) is 4.79 Å². The summed E-state index contributed by atoms with van der Waals surface area (Å²) in [7, 11) is 0. The van der Waals surface area contributed by atoms with Crippen molar-refractivity contribution in [3.8, 4) is 11.5 Å². The second kappa shape index (κ2) is 9.31. The molecule has 156 valence electrons. The van der Waals surface area contributed by atoms with Crippen LogP contribution >= 0.6 is 15.9 Å². The van der Waals surface area contributed by atoms with Gasteiger partial charge in [0.1, 0.15) is 11.5 Å². The molecule has 4 rings (SSSR count). The third-order valence-electron chi connectivity index (χ3n) is 4.19. The van der Waals surface area contributed by atoms with Gasteiger partial charge in [0, 0.05) is 5.56 Å². The number of rotatable bonds is 6. The first-order chi connectivity index (χ1) is 15.1. The molecule has 0 aliphatic carbocycles. The van der Waals surface area contributed by atoms with Gasteiger partial charge in [-0.05, 0) is 64.0 Å². The van der Waals surface area contributed by atoms with Crippen molar-refractivity contribution >= 4 is 40.0 Å².